The summed E-state index contributed by atoms with van der Waals surface area (Å²) < 4.78 is 7.80. The standard InChI is InChI=1S/C27H32N4O3/c1-4-15-30(27(33)28-21-13-11-20(2)12-14-21)19-25(32)31-18-17-29-16-7-9-23(29)26(31)22-8-5-6-10-24(22)34-3/h5-14,16,26H,4,15,17-19H2,1-3H3,(H,28,33). The van der Waals surface area contributed by atoms with E-state index in [4.69, 9.17) is 4.74 Å². The summed E-state index contributed by atoms with van der Waals surface area (Å²) >= 11 is 0. The van der Waals surface area contributed by atoms with Crippen molar-refractivity contribution in [2.75, 3.05) is 32.1 Å². The summed E-state index contributed by atoms with van der Waals surface area (Å²) in [6, 6.07) is 18.9. The van der Waals surface area contributed by atoms with Gasteiger partial charge in [-0.25, -0.2) is 4.79 Å². The maximum absolute atomic E-state index is 13.7. The minimum atomic E-state index is -0.281. The third-order valence-electron chi connectivity index (χ3n) is 6.20. The van der Waals surface area contributed by atoms with E-state index in [2.05, 4.69) is 9.88 Å². The second-order valence-corrected chi connectivity index (χ2v) is 8.58. The number of hydrogen-bond acceptors (Lipinski definition) is 3. The SMILES string of the molecule is CCCN(CC(=O)N1CCn2cccc2C1c1ccccc1OC)C(=O)Nc1ccc(C)cc1. The highest BCUT2D eigenvalue weighted by Crippen LogP contribution is 2.37. The molecule has 1 aliphatic rings. The number of nitrogens with zero attached hydrogens (tertiary/aromatic N) is 3. The number of rotatable bonds is 7. The molecular formula is C27H32N4O3. The van der Waals surface area contributed by atoms with Gasteiger partial charge in [0.1, 0.15) is 18.3 Å². The fraction of sp³-hybridized carbons (Fsp3) is 0.333. The van der Waals surface area contributed by atoms with Crippen molar-refractivity contribution in [1.29, 1.82) is 0 Å². The first kappa shape index (κ1) is 23.4. The van der Waals surface area contributed by atoms with E-state index in [0.717, 1.165) is 29.0 Å². The summed E-state index contributed by atoms with van der Waals surface area (Å²) in [4.78, 5) is 30.2. The number of methoxy groups -OCH3 is 1. The van der Waals surface area contributed by atoms with E-state index in [9.17, 15) is 9.59 Å². The van der Waals surface area contributed by atoms with Crippen LogP contribution in [0.2, 0.25) is 0 Å². The van der Waals surface area contributed by atoms with E-state index in [-0.39, 0.29) is 24.5 Å². The van der Waals surface area contributed by atoms with Crippen molar-refractivity contribution in [3.8, 4) is 5.75 Å². The van der Waals surface area contributed by atoms with Gasteiger partial charge in [-0.05, 0) is 43.7 Å². The predicted molar refractivity (Wildman–Crippen MR) is 133 cm³/mol. The van der Waals surface area contributed by atoms with E-state index in [1.54, 1.807) is 12.0 Å². The van der Waals surface area contributed by atoms with Crippen molar-refractivity contribution in [3.05, 3.63) is 83.7 Å². The fourth-order valence-electron chi connectivity index (χ4n) is 4.49. The van der Waals surface area contributed by atoms with Gasteiger partial charge >= 0.3 is 6.03 Å². The van der Waals surface area contributed by atoms with Gasteiger partial charge in [-0.15, -0.1) is 0 Å². The smallest absolute Gasteiger partial charge is 0.322 e. The number of aromatic nitrogens is 1. The van der Waals surface area contributed by atoms with Crippen LogP contribution >= 0.6 is 0 Å². The van der Waals surface area contributed by atoms with E-state index in [0.29, 0.717) is 25.3 Å². The lowest BCUT2D eigenvalue weighted by Crippen LogP contribution is -2.49. The lowest BCUT2D eigenvalue weighted by molar-refractivity contribution is -0.134. The Hall–Kier alpha value is -3.74. The Kier molecular flexibility index (Phi) is 7.21. The average molecular weight is 461 g/mol. The highest BCUT2D eigenvalue weighted by atomic mass is 16.5. The monoisotopic (exact) mass is 460 g/mol. The van der Waals surface area contributed by atoms with E-state index in [1.807, 2.05) is 85.6 Å². The van der Waals surface area contributed by atoms with Crippen molar-refractivity contribution in [2.24, 2.45) is 0 Å². The molecule has 0 bridgehead atoms. The number of carbonyl (C=O) groups is 2. The number of anilines is 1. The van der Waals surface area contributed by atoms with Crippen LogP contribution in [0.4, 0.5) is 10.5 Å². The number of hydrogen-bond donors (Lipinski definition) is 1. The van der Waals surface area contributed by atoms with Crippen molar-refractivity contribution < 1.29 is 14.3 Å². The molecule has 0 spiro atoms. The Morgan fingerprint density at radius 3 is 2.56 bits per heavy atom. The third kappa shape index (κ3) is 4.93. The van der Waals surface area contributed by atoms with Crippen molar-refractivity contribution in [3.63, 3.8) is 0 Å². The van der Waals surface area contributed by atoms with Gasteiger partial charge in [0.25, 0.3) is 0 Å². The number of nitrogens with one attached hydrogen (secondary N) is 1. The van der Waals surface area contributed by atoms with Crippen LogP contribution in [0.1, 0.15) is 36.2 Å². The molecule has 1 atom stereocenters. The van der Waals surface area contributed by atoms with Crippen LogP contribution in [0.3, 0.4) is 0 Å². The minimum absolute atomic E-state index is 0.0118. The summed E-state index contributed by atoms with van der Waals surface area (Å²) in [5.74, 6) is 0.651. The van der Waals surface area contributed by atoms with Gasteiger partial charge < -0.3 is 24.4 Å². The first-order chi connectivity index (χ1) is 16.5. The summed E-state index contributed by atoms with van der Waals surface area (Å²) in [6.45, 7) is 5.78. The molecule has 0 radical (unpaired) electrons. The van der Waals surface area contributed by atoms with E-state index < -0.39 is 0 Å². The average Bonchev–Trinajstić information content (AvgIpc) is 3.33. The van der Waals surface area contributed by atoms with Crippen molar-refractivity contribution >= 4 is 17.6 Å². The number of ether oxygens (including phenoxy) is 1. The normalized spacial score (nSPS) is 14.9. The molecule has 7 nitrogen and oxygen atoms in total. The first-order valence-electron chi connectivity index (χ1n) is 11.7. The highest BCUT2D eigenvalue weighted by Gasteiger charge is 2.34. The van der Waals surface area contributed by atoms with Gasteiger partial charge in [-0.1, -0.05) is 42.8 Å². The zero-order valence-corrected chi connectivity index (χ0v) is 20.0. The Morgan fingerprint density at radius 2 is 1.82 bits per heavy atom. The predicted octanol–water partition coefficient (Wildman–Crippen LogP) is 4.68. The topological polar surface area (TPSA) is 66.8 Å². The summed E-state index contributed by atoms with van der Waals surface area (Å²) in [6.07, 6.45) is 2.80. The molecule has 1 aromatic heterocycles. The molecule has 0 saturated carbocycles. The second kappa shape index (κ2) is 10.5. The molecule has 1 unspecified atom stereocenters. The van der Waals surface area contributed by atoms with Crippen LogP contribution in [0.25, 0.3) is 0 Å². The summed E-state index contributed by atoms with van der Waals surface area (Å²) in [7, 11) is 1.64. The van der Waals surface area contributed by atoms with E-state index >= 15 is 0 Å². The molecule has 0 aliphatic carbocycles. The molecule has 0 fully saturated rings. The van der Waals surface area contributed by atoms with Crippen molar-refractivity contribution in [1.82, 2.24) is 14.4 Å². The number of amides is 3. The lowest BCUT2D eigenvalue weighted by Gasteiger charge is -2.38. The van der Waals surface area contributed by atoms with Gasteiger partial charge in [0.05, 0.1) is 7.11 Å². The number of benzene rings is 2. The van der Waals surface area contributed by atoms with Crippen LogP contribution in [-0.2, 0) is 11.3 Å². The van der Waals surface area contributed by atoms with Crippen LogP contribution in [0.15, 0.2) is 66.9 Å². The Labute approximate surface area is 200 Å². The molecule has 3 amide bonds. The molecule has 2 heterocycles. The van der Waals surface area contributed by atoms with Crippen LogP contribution in [0.5, 0.6) is 5.75 Å². The van der Waals surface area contributed by atoms with Gasteiger partial charge in [-0.3, -0.25) is 4.79 Å². The number of carbonyl (C=O) groups excluding carboxylic acids is 2. The zero-order valence-electron chi connectivity index (χ0n) is 20.0. The molecule has 1 N–H and O–H groups in total. The summed E-state index contributed by atoms with van der Waals surface area (Å²) in [5, 5.41) is 2.93. The minimum Gasteiger partial charge on any atom is -0.496 e. The number of fused-ring (bicyclic) bond motifs is 1. The largest absolute Gasteiger partial charge is 0.496 e. The van der Waals surface area contributed by atoms with Gasteiger partial charge in [0, 0.05) is 42.8 Å². The molecule has 0 saturated heterocycles. The quantitative estimate of drug-likeness (QED) is 0.557. The van der Waals surface area contributed by atoms with Gasteiger partial charge in [0.15, 0.2) is 0 Å². The Morgan fingerprint density at radius 1 is 1.06 bits per heavy atom. The molecular weight excluding hydrogens is 428 g/mol. The molecule has 1 aliphatic heterocycles. The molecule has 178 valence electrons. The van der Waals surface area contributed by atoms with E-state index in [1.165, 1.54) is 0 Å². The maximum atomic E-state index is 13.7. The van der Waals surface area contributed by atoms with Gasteiger partial charge in [-0.2, -0.15) is 0 Å². The Bertz CT molecular complexity index is 1140. The fourth-order valence-corrected chi connectivity index (χ4v) is 4.49. The lowest BCUT2D eigenvalue weighted by atomic mass is 9.98. The van der Waals surface area contributed by atoms with Crippen LogP contribution in [0, 0.1) is 6.92 Å². The molecule has 34 heavy (non-hydrogen) atoms. The maximum Gasteiger partial charge on any atom is 0.322 e. The third-order valence-corrected chi connectivity index (χ3v) is 6.20. The van der Waals surface area contributed by atoms with Crippen LogP contribution < -0.4 is 10.1 Å². The second-order valence-electron chi connectivity index (χ2n) is 8.58. The number of aryl methyl sites for hydroxylation is 1. The zero-order chi connectivity index (χ0) is 24.1. The Balaban J connectivity index is 1.57. The number of urea groups is 1. The number of para-hydroxylation sites is 1. The van der Waals surface area contributed by atoms with Gasteiger partial charge in [0.2, 0.25) is 5.91 Å². The highest BCUT2D eigenvalue weighted by molar-refractivity contribution is 5.92. The van der Waals surface area contributed by atoms with Crippen LogP contribution in [-0.4, -0.2) is 53.0 Å². The molecule has 4 rings (SSSR count). The molecule has 7 heteroatoms. The van der Waals surface area contributed by atoms with Crippen molar-refractivity contribution in [2.45, 2.75) is 32.9 Å². The molecule has 2 aromatic carbocycles. The molecule has 3 aromatic rings. The first-order valence-corrected chi connectivity index (χ1v) is 11.7. The summed E-state index contributed by atoms with van der Waals surface area (Å²) in [5.41, 5.74) is 3.81.